The first-order valence-electron chi connectivity index (χ1n) is 6.00. The van der Waals surface area contributed by atoms with E-state index in [9.17, 15) is 4.79 Å². The lowest BCUT2D eigenvalue weighted by Crippen LogP contribution is -2.51. The van der Waals surface area contributed by atoms with Crippen molar-refractivity contribution in [3.63, 3.8) is 0 Å². The van der Waals surface area contributed by atoms with E-state index in [0.717, 1.165) is 6.54 Å². The number of hydrogen-bond donors (Lipinski definition) is 1. The fraction of sp³-hybridized carbons (Fsp3) is 0.917. The van der Waals surface area contributed by atoms with Gasteiger partial charge in [0.2, 0.25) is 0 Å². The average Bonchev–Trinajstić information content (AvgIpc) is 2.17. The molecule has 96 valence electrons. The maximum atomic E-state index is 11.8. The third-order valence-corrected chi connectivity index (χ3v) is 2.35. The first-order chi connectivity index (χ1) is 7.46. The Morgan fingerprint density at radius 2 is 2.00 bits per heavy atom. The van der Waals surface area contributed by atoms with Crippen molar-refractivity contribution in [2.75, 3.05) is 19.8 Å². The Balaban J connectivity index is 4.26. The molecule has 0 radical (unpaired) electrons. The number of nitrogens with one attached hydrogen (secondary N) is 1. The average molecular weight is 231 g/mol. The molecule has 0 heterocycles. The van der Waals surface area contributed by atoms with Crippen LogP contribution in [0, 0.1) is 0 Å². The molecule has 0 saturated carbocycles. The molecule has 0 aliphatic heterocycles. The normalized spacial score (nSPS) is 14.9. The smallest absolute Gasteiger partial charge is 0.326 e. The van der Waals surface area contributed by atoms with Crippen molar-refractivity contribution in [1.29, 1.82) is 0 Å². The number of likely N-dealkylation sites (N-methyl/N-ethyl adjacent to an activating group) is 1. The van der Waals surface area contributed by atoms with Gasteiger partial charge in [-0.2, -0.15) is 0 Å². The first-order valence-corrected chi connectivity index (χ1v) is 6.00. The summed E-state index contributed by atoms with van der Waals surface area (Å²) < 4.78 is 10.5. The summed E-state index contributed by atoms with van der Waals surface area (Å²) in [6.07, 6.45) is 0.811. The Hall–Kier alpha value is -0.610. The lowest BCUT2D eigenvalue weighted by atomic mass is 9.98. The highest BCUT2D eigenvalue weighted by atomic mass is 16.5. The molecule has 0 bridgehead atoms. The van der Waals surface area contributed by atoms with Gasteiger partial charge in [0.05, 0.1) is 12.7 Å². The Kier molecular flexibility index (Phi) is 7.34. The highest BCUT2D eigenvalue weighted by Crippen LogP contribution is 2.13. The van der Waals surface area contributed by atoms with E-state index >= 15 is 0 Å². The molecule has 0 fully saturated rings. The van der Waals surface area contributed by atoms with Crippen LogP contribution in [0.4, 0.5) is 0 Å². The molecule has 0 aliphatic rings. The van der Waals surface area contributed by atoms with Gasteiger partial charge in [-0.3, -0.25) is 4.79 Å². The molecule has 1 unspecified atom stereocenters. The van der Waals surface area contributed by atoms with E-state index in [1.807, 2.05) is 34.6 Å². The number of carbonyl (C=O) groups excluding carboxylic acids is 1. The minimum Gasteiger partial charge on any atom is -0.465 e. The van der Waals surface area contributed by atoms with Gasteiger partial charge in [-0.15, -0.1) is 0 Å². The molecule has 0 aromatic carbocycles. The van der Waals surface area contributed by atoms with E-state index in [2.05, 4.69) is 5.32 Å². The van der Waals surface area contributed by atoms with Crippen LogP contribution >= 0.6 is 0 Å². The predicted molar refractivity (Wildman–Crippen MR) is 64.4 cm³/mol. The molecule has 1 N–H and O–H groups in total. The Labute approximate surface area is 98.7 Å². The maximum absolute atomic E-state index is 11.8. The summed E-state index contributed by atoms with van der Waals surface area (Å²) >= 11 is 0. The highest BCUT2D eigenvalue weighted by molar-refractivity contribution is 5.80. The number of rotatable bonds is 8. The molecule has 0 aromatic heterocycles. The van der Waals surface area contributed by atoms with E-state index in [4.69, 9.17) is 9.47 Å². The van der Waals surface area contributed by atoms with Crippen molar-refractivity contribution in [3.05, 3.63) is 0 Å². The summed E-state index contributed by atoms with van der Waals surface area (Å²) in [5.74, 6) is -0.204. The van der Waals surface area contributed by atoms with Gasteiger partial charge in [-0.1, -0.05) is 6.92 Å². The van der Waals surface area contributed by atoms with Crippen LogP contribution in [0.2, 0.25) is 0 Å². The van der Waals surface area contributed by atoms with E-state index in [0.29, 0.717) is 19.6 Å². The Morgan fingerprint density at radius 1 is 1.38 bits per heavy atom. The van der Waals surface area contributed by atoms with Gasteiger partial charge >= 0.3 is 5.97 Å². The van der Waals surface area contributed by atoms with Crippen molar-refractivity contribution in [2.24, 2.45) is 0 Å². The summed E-state index contributed by atoms with van der Waals surface area (Å²) in [6.45, 7) is 11.3. The number of carbonyl (C=O) groups is 1. The van der Waals surface area contributed by atoms with Gasteiger partial charge in [0.1, 0.15) is 5.54 Å². The largest absolute Gasteiger partial charge is 0.465 e. The lowest BCUT2D eigenvalue weighted by molar-refractivity contribution is -0.151. The molecule has 4 nitrogen and oxygen atoms in total. The maximum Gasteiger partial charge on any atom is 0.326 e. The summed E-state index contributed by atoms with van der Waals surface area (Å²) in [5.41, 5.74) is -0.639. The summed E-state index contributed by atoms with van der Waals surface area (Å²) in [7, 11) is 0. The second-order valence-corrected chi connectivity index (χ2v) is 4.25. The van der Waals surface area contributed by atoms with Gasteiger partial charge < -0.3 is 14.8 Å². The zero-order chi connectivity index (χ0) is 12.6. The molecule has 1 atom stereocenters. The molecule has 16 heavy (non-hydrogen) atoms. The van der Waals surface area contributed by atoms with Crippen LogP contribution < -0.4 is 5.32 Å². The predicted octanol–water partition coefficient (Wildman–Crippen LogP) is 1.73. The third kappa shape index (κ3) is 5.47. The molecule has 4 heteroatoms. The first kappa shape index (κ1) is 15.4. The standard InChI is InChI=1S/C12H25NO3/c1-6-13-12(5,11(14)15-7-2)8-9-16-10(3)4/h10,13H,6-9H2,1-5H3. The van der Waals surface area contributed by atoms with E-state index < -0.39 is 5.54 Å². The Bertz CT molecular complexity index is 206. The second-order valence-electron chi connectivity index (χ2n) is 4.25. The molecule has 0 amide bonds. The van der Waals surface area contributed by atoms with Crippen LogP contribution in [0.3, 0.4) is 0 Å². The molecular formula is C12H25NO3. The number of ether oxygens (including phenoxy) is 2. The van der Waals surface area contributed by atoms with Gasteiger partial charge in [-0.05, 0) is 40.7 Å². The van der Waals surface area contributed by atoms with Crippen molar-refractivity contribution in [2.45, 2.75) is 52.7 Å². The fourth-order valence-electron chi connectivity index (χ4n) is 1.44. The molecular weight excluding hydrogens is 206 g/mol. The van der Waals surface area contributed by atoms with E-state index in [-0.39, 0.29) is 12.1 Å². The minimum absolute atomic E-state index is 0.188. The van der Waals surface area contributed by atoms with Crippen LogP contribution in [0.1, 0.15) is 41.0 Å². The monoisotopic (exact) mass is 231 g/mol. The zero-order valence-corrected chi connectivity index (χ0v) is 11.1. The van der Waals surface area contributed by atoms with Gasteiger partial charge in [0, 0.05) is 6.61 Å². The van der Waals surface area contributed by atoms with Gasteiger partial charge in [0.15, 0.2) is 0 Å². The third-order valence-electron chi connectivity index (χ3n) is 2.35. The molecule has 0 rings (SSSR count). The van der Waals surface area contributed by atoms with E-state index in [1.54, 1.807) is 0 Å². The number of hydrogen-bond acceptors (Lipinski definition) is 4. The van der Waals surface area contributed by atoms with Crippen LogP contribution in [-0.4, -0.2) is 37.4 Å². The lowest BCUT2D eigenvalue weighted by Gasteiger charge is -2.28. The van der Waals surface area contributed by atoms with Crippen molar-refractivity contribution < 1.29 is 14.3 Å². The SMILES string of the molecule is CCNC(C)(CCOC(C)C)C(=O)OCC. The quantitative estimate of drug-likeness (QED) is 0.646. The van der Waals surface area contributed by atoms with Gasteiger partial charge in [0.25, 0.3) is 0 Å². The van der Waals surface area contributed by atoms with Crippen molar-refractivity contribution in [1.82, 2.24) is 5.32 Å². The summed E-state index contributed by atoms with van der Waals surface area (Å²) in [6, 6.07) is 0. The molecule has 0 spiro atoms. The van der Waals surface area contributed by atoms with Gasteiger partial charge in [-0.25, -0.2) is 0 Å². The Morgan fingerprint density at radius 3 is 2.44 bits per heavy atom. The van der Waals surface area contributed by atoms with Crippen LogP contribution in [0.15, 0.2) is 0 Å². The van der Waals surface area contributed by atoms with Crippen LogP contribution in [0.25, 0.3) is 0 Å². The highest BCUT2D eigenvalue weighted by Gasteiger charge is 2.33. The fourth-order valence-corrected chi connectivity index (χ4v) is 1.44. The zero-order valence-electron chi connectivity index (χ0n) is 11.1. The second kappa shape index (κ2) is 7.63. The molecule has 0 saturated heterocycles. The molecule has 0 aromatic rings. The van der Waals surface area contributed by atoms with Crippen LogP contribution in [-0.2, 0) is 14.3 Å². The minimum atomic E-state index is -0.639. The van der Waals surface area contributed by atoms with Crippen molar-refractivity contribution >= 4 is 5.97 Å². The number of esters is 1. The van der Waals surface area contributed by atoms with Crippen LogP contribution in [0.5, 0.6) is 0 Å². The molecule has 0 aliphatic carbocycles. The van der Waals surface area contributed by atoms with E-state index in [1.165, 1.54) is 0 Å². The summed E-state index contributed by atoms with van der Waals surface area (Å²) in [4.78, 5) is 11.8. The van der Waals surface area contributed by atoms with Crippen molar-refractivity contribution in [3.8, 4) is 0 Å². The summed E-state index contributed by atoms with van der Waals surface area (Å²) in [5, 5.41) is 3.16. The topological polar surface area (TPSA) is 47.6 Å².